The molecule has 2 atom stereocenters. The van der Waals surface area contributed by atoms with Crippen LogP contribution in [-0.2, 0) is 20.4 Å². The maximum absolute atomic E-state index is 12.3. The number of rotatable bonds is 10. The highest BCUT2D eigenvalue weighted by Crippen LogP contribution is 2.53. The maximum atomic E-state index is 12.3. The van der Waals surface area contributed by atoms with Gasteiger partial charge in [-0.1, -0.05) is 44.7 Å². The number of ether oxygens (including phenoxy) is 1. The average molecular weight is 409 g/mol. The summed E-state index contributed by atoms with van der Waals surface area (Å²) in [5, 5.41) is 0. The first-order valence-corrected chi connectivity index (χ1v) is 12.3. The molecule has 1 saturated heterocycles. The lowest BCUT2D eigenvalue weighted by atomic mass is 9.75. The Morgan fingerprint density at radius 3 is 2.43 bits per heavy atom. The van der Waals surface area contributed by atoms with Gasteiger partial charge in [0.1, 0.15) is 5.60 Å². The van der Waals surface area contributed by atoms with Crippen molar-refractivity contribution in [1.82, 2.24) is 9.62 Å². The van der Waals surface area contributed by atoms with E-state index in [1.807, 2.05) is 18.2 Å². The van der Waals surface area contributed by atoms with Gasteiger partial charge in [-0.15, -0.1) is 0 Å². The summed E-state index contributed by atoms with van der Waals surface area (Å²) in [6.07, 6.45) is 8.85. The lowest BCUT2D eigenvalue weighted by Gasteiger charge is -2.47. The Labute approximate surface area is 170 Å². The van der Waals surface area contributed by atoms with Crippen LogP contribution in [0.2, 0.25) is 0 Å². The van der Waals surface area contributed by atoms with Crippen molar-refractivity contribution in [1.29, 1.82) is 0 Å². The van der Waals surface area contributed by atoms with Gasteiger partial charge in [-0.25, -0.2) is 13.1 Å². The molecule has 1 aliphatic heterocycles. The minimum atomic E-state index is -3.46. The van der Waals surface area contributed by atoms with Crippen LogP contribution in [0.15, 0.2) is 29.2 Å². The first kappa shape index (κ1) is 21.8. The number of hydrogen-bond acceptors (Lipinski definition) is 4. The molecule has 2 unspecified atom stereocenters. The van der Waals surface area contributed by atoms with Crippen LogP contribution in [0, 0.1) is 11.8 Å². The Morgan fingerprint density at radius 2 is 1.82 bits per heavy atom. The molecule has 3 rings (SSSR count). The molecule has 0 spiro atoms. The third-order valence-corrected chi connectivity index (χ3v) is 8.23. The first-order valence-electron chi connectivity index (χ1n) is 10.8. The Bertz CT molecular complexity index is 736. The number of piperidine rings is 1. The quantitative estimate of drug-likeness (QED) is 0.599. The molecular formula is C22H36N2O3S. The lowest BCUT2D eigenvalue weighted by Crippen LogP contribution is -2.53. The molecule has 1 aromatic rings. The van der Waals surface area contributed by atoms with E-state index in [-0.39, 0.29) is 5.60 Å². The zero-order valence-electron chi connectivity index (χ0n) is 17.6. The normalized spacial score (nSPS) is 28.0. The molecule has 0 amide bonds. The highest BCUT2D eigenvalue weighted by atomic mass is 32.2. The zero-order valence-corrected chi connectivity index (χ0v) is 18.4. The summed E-state index contributed by atoms with van der Waals surface area (Å²) in [7, 11) is -0.204. The predicted molar refractivity (Wildman–Crippen MR) is 113 cm³/mol. The van der Waals surface area contributed by atoms with Crippen molar-refractivity contribution in [2.45, 2.75) is 62.4 Å². The number of nitrogens with one attached hydrogen (secondary N) is 1. The molecule has 2 fully saturated rings. The first-order chi connectivity index (χ1) is 13.5. The van der Waals surface area contributed by atoms with Crippen LogP contribution in [0.4, 0.5) is 0 Å². The summed E-state index contributed by atoms with van der Waals surface area (Å²) >= 11 is 0. The van der Waals surface area contributed by atoms with Gasteiger partial charge in [0.25, 0.3) is 0 Å². The second-order valence-corrected chi connectivity index (χ2v) is 10.3. The summed E-state index contributed by atoms with van der Waals surface area (Å²) in [4.78, 5) is 2.93. The summed E-state index contributed by atoms with van der Waals surface area (Å²) in [6, 6.07) is 7.37. The van der Waals surface area contributed by atoms with Gasteiger partial charge in [-0.2, -0.15) is 0 Å². The standard InChI is InChI=1S/C22H36N2O3S/c1-4-5-6-7-8-14-24-16-19-12-13-20(17-24)22(19,27-3)18-10-9-11-21(15-18)28(25,26)23-2/h9-11,15,19-20,23H,4-8,12-14,16-17H2,1-3H3. The highest BCUT2D eigenvalue weighted by Gasteiger charge is 2.55. The smallest absolute Gasteiger partial charge is 0.240 e. The molecule has 0 aromatic heterocycles. The number of fused-ring (bicyclic) bond motifs is 2. The van der Waals surface area contributed by atoms with Crippen LogP contribution >= 0.6 is 0 Å². The summed E-state index contributed by atoms with van der Waals surface area (Å²) in [5.74, 6) is 0.832. The summed E-state index contributed by atoms with van der Waals surface area (Å²) in [5.41, 5.74) is 0.652. The number of hydrogen-bond donors (Lipinski definition) is 1. The van der Waals surface area contributed by atoms with Crippen LogP contribution < -0.4 is 4.72 Å². The van der Waals surface area contributed by atoms with Gasteiger partial charge in [-0.3, -0.25) is 0 Å². The van der Waals surface area contributed by atoms with Gasteiger partial charge in [0.15, 0.2) is 0 Å². The highest BCUT2D eigenvalue weighted by molar-refractivity contribution is 7.89. The molecule has 1 heterocycles. The molecule has 1 saturated carbocycles. The fraction of sp³-hybridized carbons (Fsp3) is 0.727. The average Bonchev–Trinajstić information content (AvgIpc) is 2.90. The number of nitrogens with zero attached hydrogens (tertiary/aromatic N) is 1. The molecule has 2 aliphatic rings. The van der Waals surface area contributed by atoms with E-state index >= 15 is 0 Å². The van der Waals surface area contributed by atoms with Crippen LogP contribution in [0.1, 0.15) is 57.4 Å². The Kier molecular flexibility index (Phi) is 7.18. The molecule has 6 heteroatoms. The summed E-state index contributed by atoms with van der Waals surface area (Å²) < 4.78 is 33.2. The van der Waals surface area contributed by atoms with Crippen molar-refractivity contribution in [3.63, 3.8) is 0 Å². The predicted octanol–water partition coefficient (Wildman–Crippen LogP) is 3.75. The number of benzene rings is 1. The van der Waals surface area contributed by atoms with Gasteiger partial charge in [0.05, 0.1) is 4.90 Å². The fourth-order valence-electron chi connectivity index (χ4n) is 5.38. The molecule has 158 valence electrons. The zero-order chi connectivity index (χ0) is 20.2. The van der Waals surface area contributed by atoms with Crippen molar-refractivity contribution < 1.29 is 13.2 Å². The minimum absolute atomic E-state index is 0.321. The van der Waals surface area contributed by atoms with E-state index in [0.29, 0.717) is 16.7 Å². The molecule has 1 N–H and O–H groups in total. The van der Waals surface area contributed by atoms with Crippen LogP contribution in [0.3, 0.4) is 0 Å². The van der Waals surface area contributed by atoms with Gasteiger partial charge in [0.2, 0.25) is 10.0 Å². The van der Waals surface area contributed by atoms with Crippen molar-refractivity contribution in [2.75, 3.05) is 33.8 Å². The molecule has 1 aliphatic carbocycles. The van der Waals surface area contributed by atoms with E-state index in [9.17, 15) is 8.42 Å². The molecule has 0 radical (unpaired) electrons. The Morgan fingerprint density at radius 1 is 1.14 bits per heavy atom. The second kappa shape index (κ2) is 9.24. The third kappa shape index (κ3) is 4.16. The van der Waals surface area contributed by atoms with E-state index in [4.69, 9.17) is 4.74 Å². The van der Waals surface area contributed by atoms with Gasteiger partial charge < -0.3 is 9.64 Å². The van der Waals surface area contributed by atoms with Gasteiger partial charge in [-0.05, 0) is 50.6 Å². The number of methoxy groups -OCH3 is 1. The number of unbranched alkanes of at least 4 members (excludes halogenated alkanes) is 4. The van der Waals surface area contributed by atoms with E-state index in [0.717, 1.165) is 31.5 Å². The van der Waals surface area contributed by atoms with Crippen molar-refractivity contribution >= 4 is 10.0 Å². The van der Waals surface area contributed by atoms with E-state index in [2.05, 4.69) is 16.5 Å². The lowest BCUT2D eigenvalue weighted by molar-refractivity contribution is -0.119. The molecule has 1 aromatic carbocycles. The largest absolute Gasteiger partial charge is 0.373 e. The van der Waals surface area contributed by atoms with Gasteiger partial charge in [0, 0.05) is 32.0 Å². The monoisotopic (exact) mass is 408 g/mol. The van der Waals surface area contributed by atoms with E-state index < -0.39 is 10.0 Å². The second-order valence-electron chi connectivity index (χ2n) is 8.38. The van der Waals surface area contributed by atoms with E-state index in [1.165, 1.54) is 45.7 Å². The minimum Gasteiger partial charge on any atom is -0.373 e. The third-order valence-electron chi connectivity index (χ3n) is 6.81. The van der Waals surface area contributed by atoms with E-state index in [1.54, 1.807) is 13.2 Å². The SMILES string of the molecule is CCCCCCCN1CC2CCC(C1)C2(OC)c1cccc(S(=O)(=O)NC)c1. The summed E-state index contributed by atoms with van der Waals surface area (Å²) in [6.45, 7) is 5.51. The van der Waals surface area contributed by atoms with Crippen LogP contribution in [-0.4, -0.2) is 47.1 Å². The molecule has 28 heavy (non-hydrogen) atoms. The van der Waals surface area contributed by atoms with Crippen molar-refractivity contribution in [2.24, 2.45) is 11.8 Å². The number of likely N-dealkylation sites (tertiary alicyclic amines) is 1. The number of sulfonamides is 1. The fourth-order valence-corrected chi connectivity index (χ4v) is 6.16. The van der Waals surface area contributed by atoms with Crippen molar-refractivity contribution in [3.05, 3.63) is 29.8 Å². The molecule has 2 bridgehead atoms. The topological polar surface area (TPSA) is 58.6 Å². The van der Waals surface area contributed by atoms with Crippen molar-refractivity contribution in [3.8, 4) is 0 Å². The van der Waals surface area contributed by atoms with Gasteiger partial charge >= 0.3 is 0 Å². The molecule has 5 nitrogen and oxygen atoms in total. The maximum Gasteiger partial charge on any atom is 0.240 e. The Hall–Kier alpha value is -0.950. The Balaban J connectivity index is 1.76. The van der Waals surface area contributed by atoms with Crippen LogP contribution in [0.5, 0.6) is 0 Å². The molecular weight excluding hydrogens is 372 g/mol. The van der Waals surface area contributed by atoms with Crippen LogP contribution in [0.25, 0.3) is 0 Å².